The lowest BCUT2D eigenvalue weighted by Crippen LogP contribution is -2.53. The molecule has 2 heterocycles. The van der Waals surface area contributed by atoms with Crippen molar-refractivity contribution in [1.29, 1.82) is 0 Å². The van der Waals surface area contributed by atoms with Crippen LogP contribution < -0.4 is 0 Å². The van der Waals surface area contributed by atoms with Gasteiger partial charge in [0.05, 0.1) is 12.0 Å². The van der Waals surface area contributed by atoms with E-state index >= 15 is 0 Å². The number of carbonyl (C=O) groups excluding carboxylic acids is 1. The summed E-state index contributed by atoms with van der Waals surface area (Å²) in [6, 6.07) is 0.275. The summed E-state index contributed by atoms with van der Waals surface area (Å²) in [7, 11) is 0. The number of hydrogen-bond acceptors (Lipinski definition) is 3. The Balaban J connectivity index is 1.91. The normalized spacial score (nSPS) is 26.6. The van der Waals surface area contributed by atoms with Gasteiger partial charge in [-0.3, -0.25) is 14.5 Å². The Morgan fingerprint density at radius 3 is 2.38 bits per heavy atom. The van der Waals surface area contributed by atoms with E-state index in [9.17, 15) is 9.59 Å². The molecule has 2 unspecified atom stereocenters. The van der Waals surface area contributed by atoms with Crippen molar-refractivity contribution in [2.75, 3.05) is 19.6 Å². The average Bonchev–Trinajstić information content (AvgIpc) is 2.53. The number of piperidine rings is 2. The van der Waals surface area contributed by atoms with Gasteiger partial charge in [-0.2, -0.15) is 0 Å². The van der Waals surface area contributed by atoms with E-state index in [1.54, 1.807) is 0 Å². The van der Waals surface area contributed by atoms with Crippen LogP contribution in [0.15, 0.2) is 0 Å². The van der Waals surface area contributed by atoms with Gasteiger partial charge in [-0.15, -0.1) is 0 Å². The predicted molar refractivity (Wildman–Crippen MR) is 81.0 cm³/mol. The van der Waals surface area contributed by atoms with E-state index < -0.39 is 5.97 Å². The lowest BCUT2D eigenvalue weighted by molar-refractivity contribution is -0.144. The highest BCUT2D eigenvalue weighted by Gasteiger charge is 2.34. The molecular formula is C16H28N2O3. The number of amides is 1. The number of nitrogens with zero attached hydrogens (tertiary/aromatic N) is 2. The summed E-state index contributed by atoms with van der Waals surface area (Å²) in [6.07, 6.45) is 5.79. The van der Waals surface area contributed by atoms with Gasteiger partial charge in [-0.05, 0) is 58.5 Å². The SMILES string of the molecule is CCC1CCCCN1C(=O)C(C)N1CCC(C(=O)O)CC1. The van der Waals surface area contributed by atoms with Crippen molar-refractivity contribution in [3.8, 4) is 0 Å². The number of carboxylic acids is 1. The lowest BCUT2D eigenvalue weighted by atomic mass is 9.95. The van der Waals surface area contributed by atoms with Crippen molar-refractivity contribution in [2.45, 2.75) is 64.5 Å². The van der Waals surface area contributed by atoms with Crippen molar-refractivity contribution >= 4 is 11.9 Å². The zero-order valence-electron chi connectivity index (χ0n) is 13.3. The van der Waals surface area contributed by atoms with Crippen LogP contribution in [0.3, 0.4) is 0 Å². The third-order valence-corrected chi connectivity index (χ3v) is 5.17. The molecule has 120 valence electrons. The average molecular weight is 296 g/mol. The Morgan fingerprint density at radius 2 is 1.81 bits per heavy atom. The van der Waals surface area contributed by atoms with Crippen LogP contribution in [0.2, 0.25) is 0 Å². The zero-order chi connectivity index (χ0) is 15.4. The Morgan fingerprint density at radius 1 is 1.14 bits per heavy atom. The van der Waals surface area contributed by atoms with Gasteiger partial charge in [0.2, 0.25) is 5.91 Å². The van der Waals surface area contributed by atoms with Crippen LogP contribution in [0.25, 0.3) is 0 Å². The fourth-order valence-electron chi connectivity index (χ4n) is 3.65. The first kappa shape index (κ1) is 16.3. The molecule has 5 nitrogen and oxygen atoms in total. The molecule has 2 fully saturated rings. The molecule has 2 rings (SSSR count). The Hall–Kier alpha value is -1.10. The Bertz CT molecular complexity index is 378. The molecule has 0 radical (unpaired) electrons. The molecule has 0 aromatic heterocycles. The van der Waals surface area contributed by atoms with E-state index in [1.165, 1.54) is 6.42 Å². The van der Waals surface area contributed by atoms with Crippen molar-refractivity contribution in [3.63, 3.8) is 0 Å². The molecule has 0 spiro atoms. The van der Waals surface area contributed by atoms with Crippen LogP contribution in [0.5, 0.6) is 0 Å². The minimum atomic E-state index is -0.698. The number of carbonyl (C=O) groups is 2. The Kier molecular flexibility index (Phi) is 5.62. The maximum absolute atomic E-state index is 12.7. The summed E-state index contributed by atoms with van der Waals surface area (Å²) in [4.78, 5) is 28.0. The number of aliphatic carboxylic acids is 1. The van der Waals surface area contributed by atoms with Crippen LogP contribution >= 0.6 is 0 Å². The molecule has 1 N–H and O–H groups in total. The van der Waals surface area contributed by atoms with Crippen LogP contribution in [0, 0.1) is 5.92 Å². The smallest absolute Gasteiger partial charge is 0.306 e. The summed E-state index contributed by atoms with van der Waals surface area (Å²) < 4.78 is 0. The number of likely N-dealkylation sites (tertiary alicyclic amines) is 2. The van der Waals surface area contributed by atoms with Gasteiger partial charge in [0.15, 0.2) is 0 Å². The molecule has 0 aromatic carbocycles. The minimum absolute atomic E-state index is 0.119. The van der Waals surface area contributed by atoms with E-state index in [0.29, 0.717) is 32.0 Å². The highest BCUT2D eigenvalue weighted by atomic mass is 16.4. The number of rotatable bonds is 4. The Labute approximate surface area is 127 Å². The maximum atomic E-state index is 12.7. The summed E-state index contributed by atoms with van der Waals surface area (Å²) in [5, 5.41) is 9.05. The van der Waals surface area contributed by atoms with Gasteiger partial charge in [0, 0.05) is 12.6 Å². The summed E-state index contributed by atoms with van der Waals surface area (Å²) in [5.41, 5.74) is 0. The molecule has 5 heteroatoms. The second kappa shape index (κ2) is 7.25. The fraction of sp³-hybridized carbons (Fsp3) is 0.875. The van der Waals surface area contributed by atoms with Crippen molar-refractivity contribution in [2.24, 2.45) is 5.92 Å². The van der Waals surface area contributed by atoms with Crippen LogP contribution in [0.1, 0.15) is 52.4 Å². The molecule has 0 aliphatic carbocycles. The van der Waals surface area contributed by atoms with Gasteiger partial charge in [0.25, 0.3) is 0 Å². The molecule has 1 amide bonds. The van der Waals surface area contributed by atoms with E-state index in [1.807, 2.05) is 6.92 Å². The molecule has 2 saturated heterocycles. The largest absolute Gasteiger partial charge is 0.481 e. The molecule has 2 aliphatic rings. The first-order chi connectivity index (χ1) is 10.0. The second-order valence-electron chi connectivity index (χ2n) is 6.41. The molecule has 0 aromatic rings. The minimum Gasteiger partial charge on any atom is -0.481 e. The van der Waals surface area contributed by atoms with Crippen molar-refractivity contribution < 1.29 is 14.7 Å². The first-order valence-electron chi connectivity index (χ1n) is 8.32. The first-order valence-corrected chi connectivity index (χ1v) is 8.32. The quantitative estimate of drug-likeness (QED) is 0.861. The predicted octanol–water partition coefficient (Wildman–Crippen LogP) is 1.96. The van der Waals surface area contributed by atoms with Gasteiger partial charge in [-0.1, -0.05) is 6.92 Å². The summed E-state index contributed by atoms with van der Waals surface area (Å²) >= 11 is 0. The third kappa shape index (κ3) is 3.76. The fourth-order valence-corrected chi connectivity index (χ4v) is 3.65. The van der Waals surface area contributed by atoms with E-state index in [2.05, 4.69) is 16.7 Å². The van der Waals surface area contributed by atoms with Crippen LogP contribution in [-0.4, -0.2) is 58.5 Å². The van der Waals surface area contributed by atoms with Gasteiger partial charge < -0.3 is 10.0 Å². The molecule has 0 bridgehead atoms. The number of carboxylic acid groups (broad SMARTS) is 1. The highest BCUT2D eigenvalue weighted by Crippen LogP contribution is 2.24. The molecule has 2 atom stereocenters. The second-order valence-corrected chi connectivity index (χ2v) is 6.41. The van der Waals surface area contributed by atoms with Crippen LogP contribution in [-0.2, 0) is 9.59 Å². The summed E-state index contributed by atoms with van der Waals surface area (Å²) in [6.45, 7) is 6.44. The number of hydrogen-bond donors (Lipinski definition) is 1. The van der Waals surface area contributed by atoms with Crippen molar-refractivity contribution in [3.05, 3.63) is 0 Å². The topological polar surface area (TPSA) is 60.9 Å². The van der Waals surface area contributed by atoms with Crippen LogP contribution in [0.4, 0.5) is 0 Å². The molecule has 21 heavy (non-hydrogen) atoms. The van der Waals surface area contributed by atoms with Gasteiger partial charge in [0.1, 0.15) is 0 Å². The van der Waals surface area contributed by atoms with Gasteiger partial charge in [-0.25, -0.2) is 0 Å². The molecule has 0 saturated carbocycles. The van der Waals surface area contributed by atoms with E-state index in [-0.39, 0.29) is 17.9 Å². The van der Waals surface area contributed by atoms with E-state index in [0.717, 1.165) is 25.8 Å². The van der Waals surface area contributed by atoms with Crippen molar-refractivity contribution in [1.82, 2.24) is 9.80 Å². The standard InChI is InChI=1S/C16H28N2O3/c1-3-14-6-4-5-9-18(14)15(19)12(2)17-10-7-13(8-11-17)16(20)21/h12-14H,3-11H2,1-2H3,(H,20,21). The summed E-state index contributed by atoms with van der Waals surface area (Å²) in [5.74, 6) is -0.701. The van der Waals surface area contributed by atoms with Gasteiger partial charge >= 0.3 is 5.97 Å². The molecular weight excluding hydrogens is 268 g/mol. The zero-order valence-corrected chi connectivity index (χ0v) is 13.3. The van der Waals surface area contributed by atoms with E-state index in [4.69, 9.17) is 5.11 Å². The molecule has 2 aliphatic heterocycles. The third-order valence-electron chi connectivity index (χ3n) is 5.17. The lowest BCUT2D eigenvalue weighted by Gasteiger charge is -2.41. The highest BCUT2D eigenvalue weighted by molar-refractivity contribution is 5.82. The maximum Gasteiger partial charge on any atom is 0.306 e. The monoisotopic (exact) mass is 296 g/mol.